The Hall–Kier alpha value is -0.0800. The van der Waals surface area contributed by atoms with E-state index in [0.717, 1.165) is 23.9 Å². The van der Waals surface area contributed by atoms with E-state index in [9.17, 15) is 0 Å². The second-order valence-corrected chi connectivity index (χ2v) is 10.3. The maximum absolute atomic E-state index is 3.99. The van der Waals surface area contributed by atoms with Crippen LogP contribution in [0.2, 0.25) is 0 Å². The van der Waals surface area contributed by atoms with Gasteiger partial charge in [0.15, 0.2) is 0 Å². The highest BCUT2D eigenvalue weighted by Crippen LogP contribution is 2.35. The molecule has 1 aliphatic heterocycles. The molecule has 1 aliphatic carbocycles. The average molecular weight is 407 g/mol. The number of rotatable bonds is 11. The molecule has 1 heterocycles. The molecule has 0 amide bonds. The van der Waals surface area contributed by atoms with E-state index in [0.29, 0.717) is 0 Å². The first-order valence-corrected chi connectivity index (χ1v) is 13.8. The Morgan fingerprint density at radius 2 is 1.34 bits per heavy atom. The van der Waals surface area contributed by atoms with Gasteiger partial charge in [0, 0.05) is 12.1 Å². The van der Waals surface area contributed by atoms with Gasteiger partial charge in [0.2, 0.25) is 0 Å². The SMILES string of the molecule is CCCCCCCCCC(NC)C1CCC(C2CCCCCCCCCN2)CC1. The molecule has 2 rings (SSSR count). The van der Waals surface area contributed by atoms with Crippen LogP contribution in [-0.4, -0.2) is 25.7 Å². The Kier molecular flexibility index (Phi) is 14.4. The summed E-state index contributed by atoms with van der Waals surface area (Å²) < 4.78 is 0. The summed E-state index contributed by atoms with van der Waals surface area (Å²) in [4.78, 5) is 0. The van der Waals surface area contributed by atoms with E-state index < -0.39 is 0 Å². The molecule has 0 radical (unpaired) electrons. The zero-order valence-corrected chi connectivity index (χ0v) is 20.2. The highest BCUT2D eigenvalue weighted by atomic mass is 14.9. The lowest BCUT2D eigenvalue weighted by molar-refractivity contribution is 0.179. The lowest BCUT2D eigenvalue weighted by atomic mass is 9.74. The molecule has 2 atom stereocenters. The highest BCUT2D eigenvalue weighted by Gasteiger charge is 2.30. The highest BCUT2D eigenvalue weighted by molar-refractivity contribution is 4.86. The van der Waals surface area contributed by atoms with Crippen molar-refractivity contribution in [2.75, 3.05) is 13.6 Å². The van der Waals surface area contributed by atoms with Gasteiger partial charge in [0.25, 0.3) is 0 Å². The van der Waals surface area contributed by atoms with Gasteiger partial charge in [-0.1, -0.05) is 90.4 Å². The molecular formula is C27H54N2. The molecule has 2 fully saturated rings. The third-order valence-corrected chi connectivity index (χ3v) is 8.04. The minimum Gasteiger partial charge on any atom is -0.317 e. The van der Waals surface area contributed by atoms with Crippen LogP contribution in [-0.2, 0) is 0 Å². The first-order valence-electron chi connectivity index (χ1n) is 13.8. The summed E-state index contributed by atoms with van der Waals surface area (Å²) in [5.41, 5.74) is 0. The van der Waals surface area contributed by atoms with Gasteiger partial charge in [-0.05, 0) is 70.4 Å². The summed E-state index contributed by atoms with van der Waals surface area (Å²) >= 11 is 0. The number of nitrogens with one attached hydrogen (secondary N) is 2. The molecule has 2 nitrogen and oxygen atoms in total. The summed E-state index contributed by atoms with van der Waals surface area (Å²) in [7, 11) is 2.21. The van der Waals surface area contributed by atoms with Crippen LogP contribution in [0.5, 0.6) is 0 Å². The van der Waals surface area contributed by atoms with Gasteiger partial charge in [-0.25, -0.2) is 0 Å². The van der Waals surface area contributed by atoms with Gasteiger partial charge in [0.05, 0.1) is 0 Å². The largest absolute Gasteiger partial charge is 0.317 e. The topological polar surface area (TPSA) is 24.1 Å². The van der Waals surface area contributed by atoms with Crippen molar-refractivity contribution in [2.45, 2.75) is 147 Å². The van der Waals surface area contributed by atoms with Crippen LogP contribution in [0, 0.1) is 11.8 Å². The van der Waals surface area contributed by atoms with Gasteiger partial charge >= 0.3 is 0 Å². The lowest BCUT2D eigenvalue weighted by Gasteiger charge is -2.37. The van der Waals surface area contributed by atoms with E-state index in [1.54, 1.807) is 0 Å². The Balaban J connectivity index is 1.65. The van der Waals surface area contributed by atoms with Gasteiger partial charge in [0.1, 0.15) is 0 Å². The van der Waals surface area contributed by atoms with E-state index in [2.05, 4.69) is 24.6 Å². The van der Waals surface area contributed by atoms with E-state index in [-0.39, 0.29) is 0 Å². The third-order valence-electron chi connectivity index (χ3n) is 8.04. The molecule has 29 heavy (non-hydrogen) atoms. The van der Waals surface area contributed by atoms with Crippen LogP contribution < -0.4 is 10.6 Å². The predicted molar refractivity (Wildman–Crippen MR) is 130 cm³/mol. The molecule has 2 heteroatoms. The molecule has 0 aromatic carbocycles. The fourth-order valence-electron chi connectivity index (χ4n) is 6.05. The summed E-state index contributed by atoms with van der Waals surface area (Å²) in [6.07, 6.45) is 28.9. The van der Waals surface area contributed by atoms with Crippen molar-refractivity contribution in [3.63, 3.8) is 0 Å². The van der Waals surface area contributed by atoms with Crippen LogP contribution in [0.25, 0.3) is 0 Å². The summed E-state index contributed by atoms with van der Waals surface area (Å²) in [6.45, 7) is 3.57. The minimum atomic E-state index is 0.770. The second-order valence-electron chi connectivity index (χ2n) is 10.3. The average Bonchev–Trinajstić information content (AvgIpc) is 2.82. The van der Waals surface area contributed by atoms with Crippen molar-refractivity contribution in [3.05, 3.63) is 0 Å². The standard InChI is InChI=1S/C27H54N2/c1-3-4-5-6-8-11-14-17-26(28-2)24-19-21-25(22-20-24)27-18-15-12-9-7-10-13-16-23-29-27/h24-29H,3-23H2,1-2H3. The van der Waals surface area contributed by atoms with Crippen molar-refractivity contribution in [1.29, 1.82) is 0 Å². The molecular weight excluding hydrogens is 352 g/mol. The predicted octanol–water partition coefficient (Wildman–Crippen LogP) is 7.61. The van der Waals surface area contributed by atoms with Crippen molar-refractivity contribution in [1.82, 2.24) is 10.6 Å². The van der Waals surface area contributed by atoms with Crippen LogP contribution in [0.1, 0.15) is 135 Å². The fourth-order valence-corrected chi connectivity index (χ4v) is 6.05. The Bertz CT molecular complexity index is 350. The van der Waals surface area contributed by atoms with Crippen LogP contribution >= 0.6 is 0 Å². The van der Waals surface area contributed by atoms with Crippen molar-refractivity contribution >= 4 is 0 Å². The van der Waals surface area contributed by atoms with Gasteiger partial charge in [-0.2, -0.15) is 0 Å². The Morgan fingerprint density at radius 3 is 2.03 bits per heavy atom. The fraction of sp³-hybridized carbons (Fsp3) is 1.00. The molecule has 172 valence electrons. The van der Waals surface area contributed by atoms with Crippen LogP contribution in [0.3, 0.4) is 0 Å². The van der Waals surface area contributed by atoms with E-state index in [4.69, 9.17) is 0 Å². The van der Waals surface area contributed by atoms with E-state index in [1.165, 1.54) is 135 Å². The Labute approximate surface area is 183 Å². The first-order chi connectivity index (χ1) is 14.3. The van der Waals surface area contributed by atoms with Crippen LogP contribution in [0.15, 0.2) is 0 Å². The maximum atomic E-state index is 3.99. The van der Waals surface area contributed by atoms with Crippen LogP contribution in [0.4, 0.5) is 0 Å². The molecule has 0 aromatic rings. The smallest absolute Gasteiger partial charge is 0.00953 e. The maximum Gasteiger partial charge on any atom is 0.00953 e. The molecule has 2 unspecified atom stereocenters. The number of hydrogen-bond acceptors (Lipinski definition) is 2. The van der Waals surface area contributed by atoms with E-state index >= 15 is 0 Å². The summed E-state index contributed by atoms with van der Waals surface area (Å²) in [6, 6.07) is 1.58. The zero-order valence-electron chi connectivity index (χ0n) is 20.2. The summed E-state index contributed by atoms with van der Waals surface area (Å²) in [5, 5.41) is 7.69. The van der Waals surface area contributed by atoms with Gasteiger partial charge < -0.3 is 10.6 Å². The van der Waals surface area contributed by atoms with Gasteiger partial charge in [-0.3, -0.25) is 0 Å². The van der Waals surface area contributed by atoms with E-state index in [1.807, 2.05) is 0 Å². The molecule has 0 spiro atoms. The first kappa shape index (κ1) is 25.2. The van der Waals surface area contributed by atoms with Crippen molar-refractivity contribution in [2.24, 2.45) is 11.8 Å². The lowest BCUT2D eigenvalue weighted by Crippen LogP contribution is -2.41. The van der Waals surface area contributed by atoms with Gasteiger partial charge in [-0.15, -0.1) is 0 Å². The summed E-state index contributed by atoms with van der Waals surface area (Å²) in [5.74, 6) is 1.88. The zero-order chi connectivity index (χ0) is 20.6. The molecule has 2 aliphatic rings. The van der Waals surface area contributed by atoms with Crippen molar-refractivity contribution in [3.8, 4) is 0 Å². The second kappa shape index (κ2) is 16.6. The molecule has 0 aromatic heterocycles. The van der Waals surface area contributed by atoms with Crippen molar-refractivity contribution < 1.29 is 0 Å². The quantitative estimate of drug-likeness (QED) is 0.345. The minimum absolute atomic E-state index is 0.770. The number of hydrogen-bond donors (Lipinski definition) is 2. The molecule has 2 N–H and O–H groups in total. The molecule has 0 bridgehead atoms. The normalized spacial score (nSPS) is 28.6. The Morgan fingerprint density at radius 1 is 0.724 bits per heavy atom. The monoisotopic (exact) mass is 406 g/mol. The molecule has 1 saturated carbocycles. The number of unbranched alkanes of at least 4 members (excludes halogenated alkanes) is 6. The molecule has 1 saturated heterocycles. The third kappa shape index (κ3) is 10.7.